The first-order chi connectivity index (χ1) is 9.52. The molecule has 1 aliphatic heterocycles. The van der Waals surface area contributed by atoms with Crippen molar-refractivity contribution in [1.82, 2.24) is 4.90 Å². The third kappa shape index (κ3) is 2.91. The smallest absolute Gasteiger partial charge is 0.326 e. The second-order valence-electron chi connectivity index (χ2n) is 4.42. The van der Waals surface area contributed by atoms with E-state index in [1.165, 1.54) is 4.90 Å². The normalized spacial score (nSPS) is 17.6. The summed E-state index contributed by atoms with van der Waals surface area (Å²) in [4.78, 5) is 24.5. The largest absolute Gasteiger partial charge is 0.480 e. The van der Waals surface area contributed by atoms with E-state index in [0.29, 0.717) is 30.6 Å². The molecule has 1 aromatic rings. The molecule has 0 saturated carbocycles. The number of halogens is 1. The highest BCUT2D eigenvalue weighted by molar-refractivity contribution is 9.10. The predicted molar refractivity (Wildman–Crippen MR) is 75.2 cm³/mol. The number of nitriles is 1. The lowest BCUT2D eigenvalue weighted by molar-refractivity contribution is -0.141. The number of carbonyl (C=O) groups is 2. The molecular formula is C13H12BrN3O3. The number of anilines is 1. The van der Waals surface area contributed by atoms with Crippen LogP contribution in [0.3, 0.4) is 0 Å². The van der Waals surface area contributed by atoms with E-state index in [-0.39, 0.29) is 0 Å². The van der Waals surface area contributed by atoms with Gasteiger partial charge in [-0.05, 0) is 31.0 Å². The molecule has 6 nitrogen and oxygen atoms in total. The van der Waals surface area contributed by atoms with Crippen LogP contribution in [0.15, 0.2) is 22.7 Å². The Morgan fingerprint density at radius 2 is 2.25 bits per heavy atom. The van der Waals surface area contributed by atoms with Crippen LogP contribution >= 0.6 is 15.9 Å². The minimum Gasteiger partial charge on any atom is -0.480 e. The van der Waals surface area contributed by atoms with Gasteiger partial charge in [0.05, 0.1) is 11.3 Å². The van der Waals surface area contributed by atoms with Gasteiger partial charge in [-0.1, -0.05) is 15.9 Å². The molecule has 1 aromatic carbocycles. The Labute approximate surface area is 124 Å². The lowest BCUT2D eigenvalue weighted by Crippen LogP contribution is -2.42. The van der Waals surface area contributed by atoms with Crippen LogP contribution in [0.1, 0.15) is 18.4 Å². The number of carboxylic acids is 1. The lowest BCUT2D eigenvalue weighted by Gasteiger charge is -2.22. The van der Waals surface area contributed by atoms with Gasteiger partial charge < -0.3 is 15.3 Å². The van der Waals surface area contributed by atoms with E-state index < -0.39 is 18.0 Å². The van der Waals surface area contributed by atoms with Crippen molar-refractivity contribution < 1.29 is 14.7 Å². The lowest BCUT2D eigenvalue weighted by atomic mass is 10.2. The highest BCUT2D eigenvalue weighted by Crippen LogP contribution is 2.23. The second kappa shape index (κ2) is 5.92. The predicted octanol–water partition coefficient (Wildman–Crippen LogP) is 2.40. The summed E-state index contributed by atoms with van der Waals surface area (Å²) in [6, 6.07) is 5.58. The number of benzene rings is 1. The monoisotopic (exact) mass is 337 g/mol. The Balaban J connectivity index is 2.18. The molecule has 0 bridgehead atoms. The topological polar surface area (TPSA) is 93.4 Å². The van der Waals surface area contributed by atoms with Crippen LogP contribution in [0.5, 0.6) is 0 Å². The number of hydrogen-bond donors (Lipinski definition) is 2. The maximum atomic E-state index is 12.1. The maximum Gasteiger partial charge on any atom is 0.326 e. The van der Waals surface area contributed by atoms with Gasteiger partial charge in [0, 0.05) is 11.0 Å². The molecule has 1 fully saturated rings. The molecule has 0 aromatic heterocycles. The van der Waals surface area contributed by atoms with Crippen molar-refractivity contribution in [2.45, 2.75) is 18.9 Å². The minimum atomic E-state index is -1.01. The van der Waals surface area contributed by atoms with Crippen molar-refractivity contribution in [2.75, 3.05) is 11.9 Å². The number of likely N-dealkylation sites (tertiary alicyclic amines) is 1. The first kappa shape index (κ1) is 14.3. The molecule has 2 rings (SSSR count). The number of amides is 2. The summed E-state index contributed by atoms with van der Waals surface area (Å²) in [5.74, 6) is -1.01. The first-order valence-corrected chi connectivity index (χ1v) is 6.82. The summed E-state index contributed by atoms with van der Waals surface area (Å²) in [6.45, 7) is 0.401. The zero-order valence-electron chi connectivity index (χ0n) is 10.5. The van der Waals surface area contributed by atoms with Gasteiger partial charge in [-0.2, -0.15) is 5.26 Å². The fraction of sp³-hybridized carbons (Fsp3) is 0.308. The van der Waals surface area contributed by atoms with Crippen LogP contribution in [0.2, 0.25) is 0 Å². The SMILES string of the molecule is N#Cc1ccc(Br)cc1NC(=O)N1CCC[C@@H]1C(=O)O. The van der Waals surface area contributed by atoms with Crippen LogP contribution in [-0.4, -0.2) is 34.6 Å². The summed E-state index contributed by atoms with van der Waals surface area (Å²) < 4.78 is 0.725. The average molecular weight is 338 g/mol. The number of nitrogens with zero attached hydrogens (tertiary/aromatic N) is 2. The van der Waals surface area contributed by atoms with Crippen LogP contribution in [0, 0.1) is 11.3 Å². The number of aliphatic carboxylic acids is 1. The molecule has 1 atom stereocenters. The number of rotatable bonds is 2. The van der Waals surface area contributed by atoms with E-state index >= 15 is 0 Å². The summed E-state index contributed by atoms with van der Waals surface area (Å²) in [7, 11) is 0. The maximum absolute atomic E-state index is 12.1. The van der Waals surface area contributed by atoms with E-state index in [0.717, 1.165) is 4.47 Å². The van der Waals surface area contributed by atoms with Crippen molar-refractivity contribution in [3.05, 3.63) is 28.2 Å². The number of urea groups is 1. The zero-order chi connectivity index (χ0) is 14.7. The summed E-state index contributed by atoms with van der Waals surface area (Å²) in [5, 5.41) is 20.7. The minimum absolute atomic E-state index is 0.327. The summed E-state index contributed by atoms with van der Waals surface area (Å²) >= 11 is 3.27. The fourth-order valence-electron chi connectivity index (χ4n) is 2.17. The Hall–Kier alpha value is -2.07. The number of nitrogens with one attached hydrogen (secondary N) is 1. The van der Waals surface area contributed by atoms with Crippen molar-refractivity contribution >= 4 is 33.6 Å². The molecule has 1 saturated heterocycles. The van der Waals surface area contributed by atoms with E-state index in [4.69, 9.17) is 10.4 Å². The van der Waals surface area contributed by atoms with Crippen molar-refractivity contribution in [3.8, 4) is 6.07 Å². The van der Waals surface area contributed by atoms with Gasteiger partial charge >= 0.3 is 12.0 Å². The van der Waals surface area contributed by atoms with E-state index in [9.17, 15) is 9.59 Å². The van der Waals surface area contributed by atoms with Gasteiger partial charge in [0.25, 0.3) is 0 Å². The Bertz CT molecular complexity index is 597. The van der Waals surface area contributed by atoms with Crippen molar-refractivity contribution in [3.63, 3.8) is 0 Å². The standard InChI is InChI=1S/C13H12BrN3O3/c14-9-4-3-8(7-15)10(6-9)16-13(20)17-5-1-2-11(17)12(18)19/h3-4,6,11H,1-2,5H2,(H,16,20)(H,18,19)/t11-/m1/s1. The molecule has 104 valence electrons. The molecular weight excluding hydrogens is 326 g/mol. The second-order valence-corrected chi connectivity index (χ2v) is 5.34. The molecule has 2 amide bonds. The van der Waals surface area contributed by atoms with Crippen LogP contribution in [-0.2, 0) is 4.79 Å². The quantitative estimate of drug-likeness (QED) is 0.866. The molecule has 0 aliphatic carbocycles. The molecule has 2 N–H and O–H groups in total. The van der Waals surface area contributed by atoms with Crippen LogP contribution in [0.4, 0.5) is 10.5 Å². The highest BCUT2D eigenvalue weighted by Gasteiger charge is 2.34. The van der Waals surface area contributed by atoms with Gasteiger partial charge in [-0.25, -0.2) is 9.59 Å². The average Bonchev–Trinajstić information content (AvgIpc) is 2.88. The van der Waals surface area contributed by atoms with Crippen molar-refractivity contribution in [1.29, 1.82) is 5.26 Å². The molecule has 0 radical (unpaired) electrons. The Morgan fingerprint density at radius 3 is 2.90 bits per heavy atom. The van der Waals surface area contributed by atoms with E-state index in [1.54, 1.807) is 18.2 Å². The molecule has 0 spiro atoms. The highest BCUT2D eigenvalue weighted by atomic mass is 79.9. The van der Waals surface area contributed by atoms with Crippen LogP contribution < -0.4 is 5.32 Å². The summed E-state index contributed by atoms with van der Waals surface area (Å²) in [5.41, 5.74) is 0.690. The summed E-state index contributed by atoms with van der Waals surface area (Å²) in [6.07, 6.45) is 1.11. The third-order valence-corrected chi connectivity index (χ3v) is 3.64. The van der Waals surface area contributed by atoms with E-state index in [1.807, 2.05) is 6.07 Å². The van der Waals surface area contributed by atoms with Gasteiger partial charge in [0.2, 0.25) is 0 Å². The molecule has 7 heteroatoms. The fourth-order valence-corrected chi connectivity index (χ4v) is 2.53. The molecule has 0 unspecified atom stereocenters. The molecule has 20 heavy (non-hydrogen) atoms. The Kier molecular flexibility index (Phi) is 4.25. The third-order valence-electron chi connectivity index (χ3n) is 3.14. The molecule has 1 aliphatic rings. The van der Waals surface area contributed by atoms with Gasteiger partial charge in [-0.15, -0.1) is 0 Å². The van der Waals surface area contributed by atoms with Gasteiger partial charge in [0.1, 0.15) is 12.1 Å². The van der Waals surface area contributed by atoms with Gasteiger partial charge in [-0.3, -0.25) is 0 Å². The Morgan fingerprint density at radius 1 is 1.50 bits per heavy atom. The number of carboxylic acid groups (broad SMARTS) is 1. The van der Waals surface area contributed by atoms with Crippen molar-refractivity contribution in [2.24, 2.45) is 0 Å². The number of hydrogen-bond acceptors (Lipinski definition) is 3. The van der Waals surface area contributed by atoms with E-state index in [2.05, 4.69) is 21.2 Å². The zero-order valence-corrected chi connectivity index (χ0v) is 12.1. The van der Waals surface area contributed by atoms with Gasteiger partial charge in [0.15, 0.2) is 0 Å². The first-order valence-electron chi connectivity index (χ1n) is 6.03. The molecule has 1 heterocycles. The van der Waals surface area contributed by atoms with Crippen LogP contribution in [0.25, 0.3) is 0 Å². The number of carbonyl (C=O) groups excluding carboxylic acids is 1.